The van der Waals surface area contributed by atoms with E-state index in [0.717, 1.165) is 26.8 Å². The molecule has 1 aromatic heterocycles. The van der Waals surface area contributed by atoms with E-state index >= 15 is 0 Å². The number of aryl methyl sites for hydroxylation is 2. The molecule has 0 radical (unpaired) electrons. The first-order chi connectivity index (χ1) is 8.13. The topological polar surface area (TPSA) is 48.1 Å². The van der Waals surface area contributed by atoms with Crippen LogP contribution in [0.5, 0.6) is 5.75 Å². The molecule has 0 aliphatic carbocycles. The van der Waals surface area contributed by atoms with Crippen LogP contribution in [0.1, 0.15) is 11.3 Å². The summed E-state index contributed by atoms with van der Waals surface area (Å²) in [5.41, 5.74) is 8.53. The third-order valence-corrected chi connectivity index (χ3v) is 3.23. The Morgan fingerprint density at radius 3 is 2.82 bits per heavy atom. The molecule has 90 valence electrons. The van der Waals surface area contributed by atoms with Crippen LogP contribution >= 0.6 is 15.9 Å². The van der Waals surface area contributed by atoms with Crippen LogP contribution in [-0.4, -0.2) is 18.1 Å². The van der Waals surface area contributed by atoms with Crippen LogP contribution in [0.15, 0.2) is 22.7 Å². The number of nitrogens with two attached hydrogens (primary N) is 1. The minimum atomic E-state index is 0.502. The van der Waals surface area contributed by atoms with Crippen LogP contribution in [0.2, 0.25) is 0 Å². The van der Waals surface area contributed by atoms with E-state index < -0.39 is 0 Å². The molecule has 0 spiro atoms. The van der Waals surface area contributed by atoms with Gasteiger partial charge in [-0.05, 0) is 37.6 Å². The lowest BCUT2D eigenvalue weighted by Gasteiger charge is -2.11. The van der Waals surface area contributed by atoms with E-state index in [-0.39, 0.29) is 0 Å². The molecule has 0 fully saturated rings. The summed E-state index contributed by atoms with van der Waals surface area (Å²) < 4.78 is 6.66. The molecule has 17 heavy (non-hydrogen) atoms. The van der Waals surface area contributed by atoms with Crippen molar-refractivity contribution in [3.05, 3.63) is 33.9 Å². The number of hydrogen-bond acceptors (Lipinski definition) is 3. The van der Waals surface area contributed by atoms with Gasteiger partial charge in [0.1, 0.15) is 17.9 Å². The molecule has 0 atom stereocenters. The second-order valence-electron chi connectivity index (χ2n) is 3.99. The van der Waals surface area contributed by atoms with Gasteiger partial charge in [-0.15, -0.1) is 0 Å². The van der Waals surface area contributed by atoms with E-state index in [1.807, 2.05) is 19.1 Å². The Bertz CT molecular complexity index is 555. The molecule has 0 aliphatic rings. The van der Waals surface area contributed by atoms with Crippen molar-refractivity contribution < 1.29 is 4.74 Å². The second-order valence-corrected chi connectivity index (χ2v) is 4.84. The number of aromatic nitrogens is 1. The van der Waals surface area contributed by atoms with Gasteiger partial charge < -0.3 is 10.5 Å². The van der Waals surface area contributed by atoms with Crippen molar-refractivity contribution in [3.8, 4) is 5.75 Å². The normalized spacial score (nSPS) is 10.8. The van der Waals surface area contributed by atoms with Crippen molar-refractivity contribution in [2.75, 3.05) is 13.2 Å². The summed E-state index contributed by atoms with van der Waals surface area (Å²) in [4.78, 5) is 4.55. The van der Waals surface area contributed by atoms with Crippen molar-refractivity contribution >= 4 is 26.8 Å². The highest BCUT2D eigenvalue weighted by Gasteiger charge is 2.10. The SMILES string of the molecule is Cc1cc(C)c2c(Br)ccc(OCCN)c2n1. The van der Waals surface area contributed by atoms with Crippen molar-refractivity contribution in [2.45, 2.75) is 13.8 Å². The van der Waals surface area contributed by atoms with Gasteiger partial charge in [-0.25, -0.2) is 4.98 Å². The molecule has 3 nitrogen and oxygen atoms in total. The van der Waals surface area contributed by atoms with Gasteiger partial charge in [-0.1, -0.05) is 15.9 Å². The fraction of sp³-hybridized carbons (Fsp3) is 0.308. The van der Waals surface area contributed by atoms with E-state index in [0.29, 0.717) is 13.2 Å². The fourth-order valence-electron chi connectivity index (χ4n) is 1.91. The molecule has 2 aromatic rings. The largest absolute Gasteiger partial charge is 0.490 e. The van der Waals surface area contributed by atoms with Crippen LogP contribution in [-0.2, 0) is 0 Å². The van der Waals surface area contributed by atoms with Gasteiger partial charge in [0, 0.05) is 22.1 Å². The zero-order valence-electron chi connectivity index (χ0n) is 9.96. The average molecular weight is 295 g/mol. The zero-order valence-corrected chi connectivity index (χ0v) is 11.5. The molecule has 0 saturated heterocycles. The van der Waals surface area contributed by atoms with Gasteiger partial charge in [0.15, 0.2) is 0 Å². The number of halogens is 1. The third-order valence-electron chi connectivity index (χ3n) is 2.57. The van der Waals surface area contributed by atoms with Crippen molar-refractivity contribution in [1.29, 1.82) is 0 Å². The quantitative estimate of drug-likeness (QED) is 0.947. The minimum Gasteiger partial charge on any atom is -0.490 e. The molecule has 4 heteroatoms. The predicted molar refractivity (Wildman–Crippen MR) is 73.5 cm³/mol. The molecule has 0 aliphatic heterocycles. The predicted octanol–water partition coefficient (Wildman–Crippen LogP) is 2.95. The zero-order chi connectivity index (χ0) is 12.4. The summed E-state index contributed by atoms with van der Waals surface area (Å²) in [7, 11) is 0. The second kappa shape index (κ2) is 5.02. The summed E-state index contributed by atoms with van der Waals surface area (Å²) in [6.45, 7) is 5.07. The van der Waals surface area contributed by atoms with Crippen LogP contribution in [0, 0.1) is 13.8 Å². The lowest BCUT2D eigenvalue weighted by atomic mass is 10.1. The number of pyridine rings is 1. The molecule has 2 N–H and O–H groups in total. The number of fused-ring (bicyclic) bond motifs is 1. The van der Waals surface area contributed by atoms with Crippen molar-refractivity contribution in [1.82, 2.24) is 4.98 Å². The van der Waals surface area contributed by atoms with E-state index in [9.17, 15) is 0 Å². The molecule has 0 saturated carbocycles. The monoisotopic (exact) mass is 294 g/mol. The van der Waals surface area contributed by atoms with Crippen LogP contribution in [0.3, 0.4) is 0 Å². The van der Waals surface area contributed by atoms with E-state index in [1.165, 1.54) is 5.56 Å². The number of nitrogens with zero attached hydrogens (tertiary/aromatic N) is 1. The lowest BCUT2D eigenvalue weighted by molar-refractivity contribution is 0.331. The summed E-state index contributed by atoms with van der Waals surface area (Å²) in [5, 5.41) is 1.10. The van der Waals surface area contributed by atoms with Gasteiger partial charge in [-0.2, -0.15) is 0 Å². The maximum atomic E-state index is 5.63. The molecular formula is C13H15BrN2O. The van der Waals surface area contributed by atoms with E-state index in [4.69, 9.17) is 10.5 Å². The molecule has 0 bridgehead atoms. The van der Waals surface area contributed by atoms with Crippen LogP contribution < -0.4 is 10.5 Å². The fourth-order valence-corrected chi connectivity index (χ4v) is 2.55. The lowest BCUT2D eigenvalue weighted by Crippen LogP contribution is -2.11. The standard InChI is InChI=1S/C13H15BrN2O/c1-8-7-9(2)16-13-11(17-6-5-15)4-3-10(14)12(8)13/h3-4,7H,5-6,15H2,1-2H3. The first kappa shape index (κ1) is 12.3. The third kappa shape index (κ3) is 2.42. The first-order valence-electron chi connectivity index (χ1n) is 5.53. The Balaban J connectivity index is 2.66. The van der Waals surface area contributed by atoms with Crippen molar-refractivity contribution in [2.24, 2.45) is 5.73 Å². The van der Waals surface area contributed by atoms with E-state index in [2.05, 4.69) is 33.9 Å². The highest BCUT2D eigenvalue weighted by molar-refractivity contribution is 9.10. The van der Waals surface area contributed by atoms with Crippen LogP contribution in [0.25, 0.3) is 10.9 Å². The Labute approximate surface area is 109 Å². The van der Waals surface area contributed by atoms with Gasteiger partial charge in [0.25, 0.3) is 0 Å². The van der Waals surface area contributed by atoms with Gasteiger partial charge in [0.05, 0.1) is 0 Å². The maximum absolute atomic E-state index is 5.63. The minimum absolute atomic E-state index is 0.502. The summed E-state index contributed by atoms with van der Waals surface area (Å²) >= 11 is 3.55. The molecule has 1 heterocycles. The highest BCUT2D eigenvalue weighted by atomic mass is 79.9. The Morgan fingerprint density at radius 2 is 2.12 bits per heavy atom. The molecule has 0 amide bonds. The molecular weight excluding hydrogens is 280 g/mol. The summed E-state index contributed by atoms with van der Waals surface area (Å²) in [5.74, 6) is 0.792. The van der Waals surface area contributed by atoms with Gasteiger partial charge in [0.2, 0.25) is 0 Å². The number of ether oxygens (including phenoxy) is 1. The summed E-state index contributed by atoms with van der Waals surface area (Å²) in [6.07, 6.45) is 0. The van der Waals surface area contributed by atoms with Crippen LogP contribution in [0.4, 0.5) is 0 Å². The summed E-state index contributed by atoms with van der Waals surface area (Å²) in [6, 6.07) is 5.98. The number of benzene rings is 1. The molecule has 0 unspecified atom stereocenters. The number of rotatable bonds is 3. The Kier molecular flexibility index (Phi) is 3.64. The first-order valence-corrected chi connectivity index (χ1v) is 6.32. The molecule has 1 aromatic carbocycles. The highest BCUT2D eigenvalue weighted by Crippen LogP contribution is 2.32. The number of hydrogen-bond donors (Lipinski definition) is 1. The van der Waals surface area contributed by atoms with Gasteiger partial charge >= 0.3 is 0 Å². The Morgan fingerprint density at radius 1 is 1.35 bits per heavy atom. The average Bonchev–Trinajstić information content (AvgIpc) is 2.27. The maximum Gasteiger partial charge on any atom is 0.145 e. The Hall–Kier alpha value is -1.13. The van der Waals surface area contributed by atoms with E-state index in [1.54, 1.807) is 0 Å². The smallest absolute Gasteiger partial charge is 0.145 e. The van der Waals surface area contributed by atoms with Crippen molar-refractivity contribution in [3.63, 3.8) is 0 Å². The molecule has 2 rings (SSSR count). The van der Waals surface area contributed by atoms with Gasteiger partial charge in [-0.3, -0.25) is 0 Å².